The first-order valence-electron chi connectivity index (χ1n) is 6.62. The zero-order valence-corrected chi connectivity index (χ0v) is 12.6. The fourth-order valence-electron chi connectivity index (χ4n) is 2.08. The van der Waals surface area contributed by atoms with Gasteiger partial charge in [0.1, 0.15) is 11.5 Å². The summed E-state index contributed by atoms with van der Waals surface area (Å²) in [5, 5.41) is 2.75. The minimum absolute atomic E-state index is 0.0201. The van der Waals surface area contributed by atoms with Gasteiger partial charge in [0, 0.05) is 19.6 Å². The highest BCUT2D eigenvalue weighted by atomic mass is 35.5. The molecule has 0 unspecified atom stereocenters. The number of rotatable bonds is 3. The summed E-state index contributed by atoms with van der Waals surface area (Å²) in [4.78, 5) is 24.8. The topological polar surface area (TPSA) is 58.6 Å². The van der Waals surface area contributed by atoms with E-state index in [1.807, 2.05) is 20.8 Å². The average molecular weight is 291 g/mol. The van der Waals surface area contributed by atoms with Crippen molar-refractivity contribution in [2.45, 2.75) is 39.2 Å². The highest BCUT2D eigenvalue weighted by Crippen LogP contribution is 2.16. The zero-order chi connectivity index (χ0) is 14.5. The number of nitrogens with one attached hydrogen (secondary N) is 1. The Labute approximate surface area is 119 Å². The van der Waals surface area contributed by atoms with Crippen molar-refractivity contribution in [3.8, 4) is 0 Å². The lowest BCUT2D eigenvalue weighted by Crippen LogP contribution is -2.44. The van der Waals surface area contributed by atoms with Gasteiger partial charge in [-0.3, -0.25) is 4.79 Å². The number of nitrogens with zero attached hydrogens (tertiary/aromatic N) is 1. The van der Waals surface area contributed by atoms with Gasteiger partial charge in [0.15, 0.2) is 0 Å². The molecule has 1 atom stereocenters. The Balaban J connectivity index is 2.33. The first-order valence-corrected chi connectivity index (χ1v) is 7.16. The van der Waals surface area contributed by atoms with Gasteiger partial charge in [-0.05, 0) is 39.5 Å². The normalized spacial score (nSPS) is 20.0. The molecule has 1 aliphatic rings. The summed E-state index contributed by atoms with van der Waals surface area (Å²) >= 11 is 5.55. The smallest absolute Gasteiger partial charge is 0.407 e. The molecule has 5 nitrogen and oxygen atoms in total. The van der Waals surface area contributed by atoms with Crippen LogP contribution in [0.15, 0.2) is 0 Å². The van der Waals surface area contributed by atoms with Crippen molar-refractivity contribution in [3.63, 3.8) is 0 Å². The van der Waals surface area contributed by atoms with Gasteiger partial charge in [0.2, 0.25) is 5.91 Å². The van der Waals surface area contributed by atoms with E-state index in [1.165, 1.54) is 0 Å². The van der Waals surface area contributed by atoms with Gasteiger partial charge in [-0.2, -0.15) is 0 Å². The maximum Gasteiger partial charge on any atom is 0.407 e. The van der Waals surface area contributed by atoms with E-state index in [2.05, 4.69) is 5.32 Å². The average Bonchev–Trinajstić information content (AvgIpc) is 2.34. The predicted octanol–water partition coefficient (Wildman–Crippen LogP) is 1.99. The standard InChI is InChI=1S/C13H23ClN2O3/c1-13(2,3)19-12(18)15-8-10-5-4-6-16(9-10)11(17)7-14/h10H,4-9H2,1-3H3,(H,15,18)/t10-/m0/s1. The van der Waals surface area contributed by atoms with Crippen molar-refractivity contribution in [2.75, 3.05) is 25.5 Å². The number of alkyl carbamates (subject to hydrolysis) is 1. The number of piperidine rings is 1. The third kappa shape index (κ3) is 6.14. The minimum atomic E-state index is -0.489. The van der Waals surface area contributed by atoms with E-state index in [0.29, 0.717) is 13.1 Å². The van der Waals surface area contributed by atoms with Crippen LogP contribution >= 0.6 is 11.6 Å². The number of halogens is 1. The van der Waals surface area contributed by atoms with Crippen molar-refractivity contribution in [2.24, 2.45) is 5.92 Å². The van der Waals surface area contributed by atoms with Gasteiger partial charge in [0.05, 0.1) is 0 Å². The minimum Gasteiger partial charge on any atom is -0.444 e. The number of alkyl halides is 1. The summed E-state index contributed by atoms with van der Waals surface area (Å²) in [7, 11) is 0. The quantitative estimate of drug-likeness (QED) is 0.809. The predicted molar refractivity (Wildman–Crippen MR) is 74.3 cm³/mol. The molecule has 6 heteroatoms. The van der Waals surface area contributed by atoms with E-state index in [1.54, 1.807) is 4.90 Å². The maximum absolute atomic E-state index is 11.5. The third-order valence-electron chi connectivity index (χ3n) is 2.92. The number of carbonyl (C=O) groups is 2. The Kier molecular flexibility index (Phi) is 5.91. The maximum atomic E-state index is 11.5. The largest absolute Gasteiger partial charge is 0.444 e. The molecule has 1 rings (SSSR count). The van der Waals surface area contributed by atoms with Gasteiger partial charge < -0.3 is 15.0 Å². The number of carbonyl (C=O) groups excluding carboxylic acids is 2. The fraction of sp³-hybridized carbons (Fsp3) is 0.846. The summed E-state index contributed by atoms with van der Waals surface area (Å²) in [5.74, 6) is 0.253. The monoisotopic (exact) mass is 290 g/mol. The van der Waals surface area contributed by atoms with Crippen LogP contribution in [0.5, 0.6) is 0 Å². The van der Waals surface area contributed by atoms with Crippen LogP contribution < -0.4 is 5.32 Å². The van der Waals surface area contributed by atoms with Gasteiger partial charge in [-0.25, -0.2) is 4.79 Å². The lowest BCUT2D eigenvalue weighted by molar-refractivity contribution is -0.130. The summed E-state index contributed by atoms with van der Waals surface area (Å²) < 4.78 is 5.17. The second-order valence-electron chi connectivity index (χ2n) is 5.86. The molecule has 1 N–H and O–H groups in total. The Morgan fingerprint density at radius 3 is 2.68 bits per heavy atom. The molecule has 2 amide bonds. The summed E-state index contributed by atoms with van der Waals surface area (Å²) in [6.45, 7) is 7.42. The number of ether oxygens (including phenoxy) is 1. The van der Waals surface area contributed by atoms with E-state index in [9.17, 15) is 9.59 Å². The lowest BCUT2D eigenvalue weighted by Gasteiger charge is -2.32. The fourth-order valence-corrected chi connectivity index (χ4v) is 2.25. The summed E-state index contributed by atoms with van der Waals surface area (Å²) in [6.07, 6.45) is 1.54. The molecule has 0 saturated carbocycles. The molecule has 0 aliphatic carbocycles. The Morgan fingerprint density at radius 1 is 1.42 bits per heavy atom. The molecule has 0 aromatic carbocycles. The first-order chi connectivity index (χ1) is 8.81. The van der Waals surface area contributed by atoms with Gasteiger partial charge in [-0.1, -0.05) is 0 Å². The molecule has 19 heavy (non-hydrogen) atoms. The summed E-state index contributed by atoms with van der Waals surface area (Å²) in [5.41, 5.74) is -0.489. The van der Waals surface area contributed by atoms with Crippen LogP contribution in [-0.4, -0.2) is 48.0 Å². The van der Waals surface area contributed by atoms with Crippen molar-refractivity contribution in [1.29, 1.82) is 0 Å². The van der Waals surface area contributed by atoms with Crippen molar-refractivity contribution in [3.05, 3.63) is 0 Å². The second-order valence-corrected chi connectivity index (χ2v) is 6.13. The van der Waals surface area contributed by atoms with Crippen LogP contribution in [0.3, 0.4) is 0 Å². The van der Waals surface area contributed by atoms with Crippen LogP contribution in [0.4, 0.5) is 4.79 Å². The van der Waals surface area contributed by atoms with E-state index in [4.69, 9.17) is 16.3 Å². The second kappa shape index (κ2) is 6.98. The van der Waals surface area contributed by atoms with E-state index < -0.39 is 11.7 Å². The number of amides is 2. The van der Waals surface area contributed by atoms with Crippen LogP contribution in [-0.2, 0) is 9.53 Å². The Hall–Kier alpha value is -0.970. The summed E-state index contributed by atoms with van der Waals surface area (Å²) in [6, 6.07) is 0. The molecular formula is C13H23ClN2O3. The molecule has 1 heterocycles. The van der Waals surface area contributed by atoms with Crippen LogP contribution in [0.2, 0.25) is 0 Å². The third-order valence-corrected chi connectivity index (χ3v) is 3.15. The van der Waals surface area contributed by atoms with Crippen LogP contribution in [0.25, 0.3) is 0 Å². The van der Waals surface area contributed by atoms with Crippen molar-refractivity contribution < 1.29 is 14.3 Å². The van der Waals surface area contributed by atoms with Crippen molar-refractivity contribution >= 4 is 23.6 Å². The van der Waals surface area contributed by atoms with Gasteiger partial charge in [0.25, 0.3) is 0 Å². The lowest BCUT2D eigenvalue weighted by atomic mass is 9.98. The van der Waals surface area contributed by atoms with E-state index >= 15 is 0 Å². The van der Waals surface area contributed by atoms with E-state index in [-0.39, 0.29) is 17.7 Å². The number of hydrogen-bond donors (Lipinski definition) is 1. The molecule has 0 aromatic rings. The zero-order valence-electron chi connectivity index (χ0n) is 11.9. The number of likely N-dealkylation sites (tertiary alicyclic amines) is 1. The van der Waals surface area contributed by atoms with Gasteiger partial charge >= 0.3 is 6.09 Å². The molecule has 1 fully saturated rings. The molecule has 0 spiro atoms. The molecule has 0 bridgehead atoms. The molecule has 110 valence electrons. The van der Waals surface area contributed by atoms with Crippen molar-refractivity contribution in [1.82, 2.24) is 10.2 Å². The Morgan fingerprint density at radius 2 is 2.11 bits per heavy atom. The molecular weight excluding hydrogens is 268 g/mol. The molecule has 1 aliphatic heterocycles. The number of hydrogen-bond acceptors (Lipinski definition) is 3. The van der Waals surface area contributed by atoms with Gasteiger partial charge in [-0.15, -0.1) is 11.6 Å². The Bertz CT molecular complexity index is 328. The molecule has 0 radical (unpaired) electrons. The molecule has 0 aromatic heterocycles. The SMILES string of the molecule is CC(C)(C)OC(=O)NC[C@@H]1CCCN(C(=O)CCl)C1. The molecule has 1 saturated heterocycles. The highest BCUT2D eigenvalue weighted by Gasteiger charge is 2.24. The van der Waals surface area contributed by atoms with Crippen LogP contribution in [0, 0.1) is 5.92 Å². The van der Waals surface area contributed by atoms with Crippen LogP contribution in [0.1, 0.15) is 33.6 Å². The first kappa shape index (κ1) is 16.1. The highest BCUT2D eigenvalue weighted by molar-refractivity contribution is 6.27. The van der Waals surface area contributed by atoms with E-state index in [0.717, 1.165) is 19.4 Å².